The van der Waals surface area contributed by atoms with Gasteiger partial charge in [0.05, 0.1) is 42.2 Å². The van der Waals surface area contributed by atoms with Gasteiger partial charge in [0.15, 0.2) is 11.5 Å². The monoisotopic (exact) mass is 419 g/mol. The second-order valence-corrected chi connectivity index (χ2v) is 6.83. The SMILES string of the molecule is COc1cc(NC(=O)c2ccccc2Cl)c(C(=O)OC[C@H]2CCCO2)cc1OC. The maximum Gasteiger partial charge on any atom is 0.340 e. The third-order valence-electron chi connectivity index (χ3n) is 4.53. The summed E-state index contributed by atoms with van der Waals surface area (Å²) in [7, 11) is 2.92. The summed E-state index contributed by atoms with van der Waals surface area (Å²) >= 11 is 6.11. The molecular weight excluding hydrogens is 398 g/mol. The first-order chi connectivity index (χ1) is 14.0. The van der Waals surface area contributed by atoms with Crippen LogP contribution in [0, 0.1) is 0 Å². The minimum Gasteiger partial charge on any atom is -0.493 e. The maximum atomic E-state index is 12.7. The van der Waals surface area contributed by atoms with Crippen LogP contribution in [-0.2, 0) is 9.47 Å². The van der Waals surface area contributed by atoms with Crippen LogP contribution in [0.25, 0.3) is 0 Å². The summed E-state index contributed by atoms with van der Waals surface area (Å²) < 4.78 is 21.4. The zero-order chi connectivity index (χ0) is 20.8. The zero-order valence-corrected chi connectivity index (χ0v) is 17.0. The van der Waals surface area contributed by atoms with Gasteiger partial charge in [0.25, 0.3) is 5.91 Å². The molecule has 2 aromatic rings. The molecule has 1 heterocycles. The molecule has 1 fully saturated rings. The lowest BCUT2D eigenvalue weighted by Crippen LogP contribution is -2.20. The molecule has 1 atom stereocenters. The van der Waals surface area contributed by atoms with Gasteiger partial charge in [-0.25, -0.2) is 4.79 Å². The Labute approximate surface area is 173 Å². The minimum atomic E-state index is -0.601. The van der Waals surface area contributed by atoms with Crippen molar-refractivity contribution < 1.29 is 28.5 Å². The summed E-state index contributed by atoms with van der Waals surface area (Å²) in [4.78, 5) is 25.4. The van der Waals surface area contributed by atoms with Crippen LogP contribution in [0.3, 0.4) is 0 Å². The smallest absolute Gasteiger partial charge is 0.340 e. The van der Waals surface area contributed by atoms with Gasteiger partial charge in [-0.05, 0) is 25.0 Å². The topological polar surface area (TPSA) is 83.1 Å². The lowest BCUT2D eigenvalue weighted by atomic mass is 10.1. The quantitative estimate of drug-likeness (QED) is 0.684. The van der Waals surface area contributed by atoms with Gasteiger partial charge in [-0.2, -0.15) is 0 Å². The molecule has 7 nitrogen and oxygen atoms in total. The normalized spacial score (nSPS) is 15.6. The highest BCUT2D eigenvalue weighted by atomic mass is 35.5. The molecule has 1 aliphatic heterocycles. The summed E-state index contributed by atoms with van der Waals surface area (Å²) in [5.74, 6) is -0.364. The highest BCUT2D eigenvalue weighted by Gasteiger charge is 2.23. The number of carbonyl (C=O) groups excluding carboxylic acids is 2. The number of halogens is 1. The molecule has 3 rings (SSSR count). The van der Waals surface area contributed by atoms with Crippen molar-refractivity contribution in [3.63, 3.8) is 0 Å². The Morgan fingerprint density at radius 3 is 2.52 bits per heavy atom. The summed E-state index contributed by atoms with van der Waals surface area (Å²) in [5, 5.41) is 3.01. The Morgan fingerprint density at radius 2 is 1.86 bits per heavy atom. The van der Waals surface area contributed by atoms with Crippen molar-refractivity contribution in [1.29, 1.82) is 0 Å². The van der Waals surface area contributed by atoms with Gasteiger partial charge in [-0.15, -0.1) is 0 Å². The molecule has 0 saturated carbocycles. The first kappa shape index (κ1) is 21.0. The van der Waals surface area contributed by atoms with E-state index in [1.807, 2.05) is 0 Å². The van der Waals surface area contributed by atoms with Crippen molar-refractivity contribution in [3.8, 4) is 11.5 Å². The van der Waals surface area contributed by atoms with E-state index in [0.29, 0.717) is 23.1 Å². The molecule has 0 unspecified atom stereocenters. The Balaban J connectivity index is 1.87. The van der Waals surface area contributed by atoms with E-state index in [0.717, 1.165) is 12.8 Å². The average Bonchev–Trinajstić information content (AvgIpc) is 3.25. The molecule has 1 N–H and O–H groups in total. The Morgan fingerprint density at radius 1 is 1.14 bits per heavy atom. The predicted octanol–water partition coefficient (Wildman–Crippen LogP) is 3.95. The van der Waals surface area contributed by atoms with E-state index in [2.05, 4.69) is 5.32 Å². The summed E-state index contributed by atoms with van der Waals surface area (Å²) in [5.41, 5.74) is 0.647. The summed E-state index contributed by atoms with van der Waals surface area (Å²) in [6.45, 7) is 0.808. The minimum absolute atomic E-state index is 0.111. The fourth-order valence-corrected chi connectivity index (χ4v) is 3.23. The molecule has 29 heavy (non-hydrogen) atoms. The van der Waals surface area contributed by atoms with Crippen molar-refractivity contribution in [1.82, 2.24) is 0 Å². The average molecular weight is 420 g/mol. The van der Waals surface area contributed by atoms with E-state index < -0.39 is 11.9 Å². The molecule has 0 spiro atoms. The highest BCUT2D eigenvalue weighted by Crippen LogP contribution is 2.34. The number of benzene rings is 2. The van der Waals surface area contributed by atoms with Crippen LogP contribution in [0.5, 0.6) is 11.5 Å². The predicted molar refractivity (Wildman–Crippen MR) is 108 cm³/mol. The summed E-state index contributed by atoms with van der Waals surface area (Å²) in [6, 6.07) is 9.61. The van der Waals surface area contributed by atoms with E-state index in [1.54, 1.807) is 24.3 Å². The van der Waals surface area contributed by atoms with Crippen LogP contribution in [0.1, 0.15) is 33.6 Å². The van der Waals surface area contributed by atoms with Crippen LogP contribution in [0.2, 0.25) is 5.02 Å². The van der Waals surface area contributed by atoms with Gasteiger partial charge in [0, 0.05) is 18.7 Å². The van der Waals surface area contributed by atoms with Crippen molar-refractivity contribution in [2.45, 2.75) is 18.9 Å². The summed E-state index contributed by atoms with van der Waals surface area (Å²) in [6.07, 6.45) is 1.67. The molecular formula is C21H22ClNO6. The maximum absolute atomic E-state index is 12.7. The van der Waals surface area contributed by atoms with Gasteiger partial charge in [0.2, 0.25) is 0 Å². The molecule has 1 saturated heterocycles. The molecule has 0 radical (unpaired) electrons. The molecule has 1 aliphatic rings. The van der Waals surface area contributed by atoms with E-state index in [-0.39, 0.29) is 29.5 Å². The fraction of sp³-hybridized carbons (Fsp3) is 0.333. The van der Waals surface area contributed by atoms with E-state index in [4.69, 9.17) is 30.5 Å². The first-order valence-electron chi connectivity index (χ1n) is 9.14. The van der Waals surface area contributed by atoms with Gasteiger partial charge in [-0.3, -0.25) is 4.79 Å². The molecule has 154 valence electrons. The van der Waals surface area contributed by atoms with E-state index in [1.165, 1.54) is 26.4 Å². The zero-order valence-electron chi connectivity index (χ0n) is 16.2. The van der Waals surface area contributed by atoms with Crippen molar-refractivity contribution in [3.05, 3.63) is 52.5 Å². The molecule has 0 aromatic heterocycles. The number of anilines is 1. The molecule has 0 bridgehead atoms. The van der Waals surface area contributed by atoms with Crippen molar-refractivity contribution in [2.24, 2.45) is 0 Å². The van der Waals surface area contributed by atoms with Crippen LogP contribution in [0.15, 0.2) is 36.4 Å². The molecule has 2 aromatic carbocycles. The number of ether oxygens (including phenoxy) is 4. The largest absolute Gasteiger partial charge is 0.493 e. The van der Waals surface area contributed by atoms with Gasteiger partial charge < -0.3 is 24.3 Å². The van der Waals surface area contributed by atoms with Gasteiger partial charge >= 0.3 is 5.97 Å². The number of amides is 1. The third kappa shape index (κ3) is 4.99. The number of carbonyl (C=O) groups is 2. The lowest BCUT2D eigenvalue weighted by molar-refractivity contribution is 0.0162. The molecule has 1 amide bonds. The van der Waals surface area contributed by atoms with Crippen molar-refractivity contribution >= 4 is 29.2 Å². The van der Waals surface area contributed by atoms with E-state index >= 15 is 0 Å². The number of methoxy groups -OCH3 is 2. The highest BCUT2D eigenvalue weighted by molar-refractivity contribution is 6.34. The van der Waals surface area contributed by atoms with Gasteiger partial charge in [-0.1, -0.05) is 23.7 Å². The second kappa shape index (κ2) is 9.62. The van der Waals surface area contributed by atoms with Crippen LogP contribution in [0.4, 0.5) is 5.69 Å². The van der Waals surface area contributed by atoms with E-state index in [9.17, 15) is 9.59 Å². The number of hydrogen-bond acceptors (Lipinski definition) is 6. The van der Waals surface area contributed by atoms with Crippen LogP contribution >= 0.6 is 11.6 Å². The number of esters is 1. The molecule has 0 aliphatic carbocycles. The standard InChI is InChI=1S/C21H22ClNO6/c1-26-18-10-15(21(25)29-12-13-6-5-9-28-13)17(11-19(18)27-2)23-20(24)14-7-3-4-8-16(14)22/h3-4,7-8,10-11,13H,5-6,9,12H2,1-2H3,(H,23,24)/t13-/m1/s1. The Kier molecular flexibility index (Phi) is 6.95. The molecule has 8 heteroatoms. The number of hydrogen-bond donors (Lipinski definition) is 1. The van der Waals surface area contributed by atoms with Crippen LogP contribution in [-0.4, -0.2) is 45.4 Å². The van der Waals surface area contributed by atoms with Crippen molar-refractivity contribution in [2.75, 3.05) is 32.8 Å². The number of rotatable bonds is 7. The second-order valence-electron chi connectivity index (χ2n) is 6.42. The Bertz CT molecular complexity index is 895. The van der Waals surface area contributed by atoms with Crippen LogP contribution < -0.4 is 14.8 Å². The first-order valence-corrected chi connectivity index (χ1v) is 9.52. The number of nitrogens with one attached hydrogen (secondary N) is 1. The fourth-order valence-electron chi connectivity index (χ4n) is 3.01. The Hall–Kier alpha value is -2.77. The lowest BCUT2D eigenvalue weighted by Gasteiger charge is -2.16. The third-order valence-corrected chi connectivity index (χ3v) is 4.86. The van der Waals surface area contributed by atoms with Gasteiger partial charge in [0.1, 0.15) is 6.61 Å².